The smallest absolute Gasteiger partial charge is 0.251 e. The number of nitrogens with one attached hydrogen (secondary N) is 1. The first-order valence-corrected chi connectivity index (χ1v) is 9.06. The number of amides is 2. The van der Waals surface area contributed by atoms with E-state index in [0.29, 0.717) is 35.2 Å². The second-order valence-corrected chi connectivity index (χ2v) is 6.26. The molecule has 1 aliphatic rings. The molecule has 1 saturated heterocycles. The van der Waals surface area contributed by atoms with Crippen molar-refractivity contribution in [3.63, 3.8) is 0 Å². The zero-order valence-electron chi connectivity index (χ0n) is 17.6. The molecule has 0 aliphatic carbocycles. The molecule has 0 aromatic heterocycles. The van der Waals surface area contributed by atoms with Crippen molar-refractivity contribution in [1.29, 1.82) is 0 Å². The van der Waals surface area contributed by atoms with E-state index in [1.54, 1.807) is 41.3 Å². The van der Waals surface area contributed by atoms with Crippen LogP contribution in [0.1, 0.15) is 6.92 Å². The van der Waals surface area contributed by atoms with Gasteiger partial charge in [0.2, 0.25) is 11.7 Å². The number of para-hydroxylation sites is 2. The second kappa shape index (κ2) is 10.2. The van der Waals surface area contributed by atoms with Gasteiger partial charge in [-0.3, -0.25) is 9.59 Å². The number of methoxy groups -OCH3 is 4. The predicted octanol–water partition coefficient (Wildman–Crippen LogP) is 1.96. The summed E-state index contributed by atoms with van der Waals surface area (Å²) >= 11 is 0. The number of carbonyl (C=O) groups is 2. The summed E-state index contributed by atoms with van der Waals surface area (Å²) in [6.07, 6.45) is 0. The summed E-state index contributed by atoms with van der Waals surface area (Å²) in [6.45, 7) is 1.80. The molecule has 30 heavy (non-hydrogen) atoms. The Morgan fingerprint density at radius 1 is 1.00 bits per heavy atom. The highest BCUT2D eigenvalue weighted by molar-refractivity contribution is 6.06. The molecule has 2 aromatic rings. The first-order valence-electron chi connectivity index (χ1n) is 9.06. The van der Waals surface area contributed by atoms with Gasteiger partial charge in [0.1, 0.15) is 6.04 Å². The van der Waals surface area contributed by atoms with Gasteiger partial charge in [-0.05, 0) is 12.1 Å². The summed E-state index contributed by atoms with van der Waals surface area (Å²) in [5.41, 5.74) is 0.635. The first kappa shape index (κ1) is 22.7. The molecule has 2 N–H and O–H groups in total. The van der Waals surface area contributed by atoms with Gasteiger partial charge in [-0.15, -0.1) is 0 Å². The number of β-lactam (4-membered cyclic amide) rings is 1. The predicted molar refractivity (Wildman–Crippen MR) is 111 cm³/mol. The van der Waals surface area contributed by atoms with Crippen LogP contribution in [0.3, 0.4) is 0 Å². The Labute approximate surface area is 175 Å². The molecule has 9 heteroatoms. The van der Waals surface area contributed by atoms with Crippen molar-refractivity contribution >= 4 is 17.5 Å². The van der Waals surface area contributed by atoms with Crippen LogP contribution in [0.15, 0.2) is 36.4 Å². The number of aromatic hydroxyl groups is 1. The normalized spacial score (nSPS) is 14.6. The van der Waals surface area contributed by atoms with Crippen molar-refractivity contribution < 1.29 is 33.6 Å². The molecule has 1 unspecified atom stereocenters. The van der Waals surface area contributed by atoms with E-state index >= 15 is 0 Å². The SMILES string of the molecule is COc1cc(N2CC(NC(C)=O)C2=O)cc(OC)c1OC.COc1ccccc1O. The van der Waals surface area contributed by atoms with E-state index in [1.807, 2.05) is 0 Å². The Balaban J connectivity index is 0.000000297. The molecular weight excluding hydrogens is 392 g/mol. The fraction of sp³-hybridized carbons (Fsp3) is 0.333. The number of hydrogen-bond donors (Lipinski definition) is 2. The highest BCUT2D eigenvalue weighted by atomic mass is 16.5. The largest absolute Gasteiger partial charge is 0.504 e. The van der Waals surface area contributed by atoms with E-state index in [4.69, 9.17) is 24.1 Å². The van der Waals surface area contributed by atoms with E-state index in [9.17, 15) is 9.59 Å². The molecule has 2 amide bonds. The van der Waals surface area contributed by atoms with Gasteiger partial charge < -0.3 is 34.3 Å². The van der Waals surface area contributed by atoms with Crippen LogP contribution in [-0.4, -0.2) is 57.9 Å². The van der Waals surface area contributed by atoms with Gasteiger partial charge in [0.15, 0.2) is 23.0 Å². The van der Waals surface area contributed by atoms with Gasteiger partial charge in [0, 0.05) is 19.1 Å². The molecule has 1 aliphatic heterocycles. The molecule has 2 aromatic carbocycles. The minimum Gasteiger partial charge on any atom is -0.504 e. The third-order valence-electron chi connectivity index (χ3n) is 4.35. The van der Waals surface area contributed by atoms with Gasteiger partial charge in [0.25, 0.3) is 5.91 Å². The number of anilines is 1. The van der Waals surface area contributed by atoms with E-state index in [1.165, 1.54) is 35.4 Å². The van der Waals surface area contributed by atoms with Crippen LogP contribution < -0.4 is 29.2 Å². The van der Waals surface area contributed by atoms with Gasteiger partial charge in [0.05, 0.1) is 40.7 Å². The minimum atomic E-state index is -0.471. The van der Waals surface area contributed by atoms with E-state index in [0.717, 1.165) is 0 Å². The Hall–Kier alpha value is -3.62. The number of carbonyl (C=O) groups excluding carboxylic acids is 2. The van der Waals surface area contributed by atoms with Crippen LogP contribution >= 0.6 is 0 Å². The van der Waals surface area contributed by atoms with Crippen LogP contribution in [0.2, 0.25) is 0 Å². The Morgan fingerprint density at radius 2 is 1.57 bits per heavy atom. The van der Waals surface area contributed by atoms with E-state index in [2.05, 4.69) is 5.32 Å². The third-order valence-corrected chi connectivity index (χ3v) is 4.35. The van der Waals surface area contributed by atoms with Crippen LogP contribution in [0, 0.1) is 0 Å². The Morgan fingerprint density at radius 3 is 1.97 bits per heavy atom. The minimum absolute atomic E-state index is 0.167. The highest BCUT2D eigenvalue weighted by Gasteiger charge is 2.38. The summed E-state index contributed by atoms with van der Waals surface area (Å²) in [4.78, 5) is 24.6. The summed E-state index contributed by atoms with van der Waals surface area (Å²) < 4.78 is 20.5. The quantitative estimate of drug-likeness (QED) is 0.691. The number of rotatable bonds is 6. The molecule has 1 fully saturated rings. The molecule has 0 radical (unpaired) electrons. The molecular formula is C21H26N2O7. The average Bonchev–Trinajstić information content (AvgIpc) is 2.75. The van der Waals surface area contributed by atoms with Crippen LogP contribution in [0.4, 0.5) is 5.69 Å². The van der Waals surface area contributed by atoms with Crippen LogP contribution in [0.5, 0.6) is 28.7 Å². The number of ether oxygens (including phenoxy) is 4. The fourth-order valence-corrected chi connectivity index (χ4v) is 2.86. The van der Waals surface area contributed by atoms with Gasteiger partial charge >= 0.3 is 0 Å². The van der Waals surface area contributed by atoms with Gasteiger partial charge in [-0.1, -0.05) is 12.1 Å². The fourth-order valence-electron chi connectivity index (χ4n) is 2.86. The highest BCUT2D eigenvalue weighted by Crippen LogP contribution is 2.42. The summed E-state index contributed by atoms with van der Waals surface area (Å²) in [6, 6.07) is 9.76. The molecule has 1 atom stereocenters. The lowest BCUT2D eigenvalue weighted by atomic mass is 10.1. The first-order chi connectivity index (χ1) is 14.4. The van der Waals surface area contributed by atoms with Gasteiger partial charge in [-0.2, -0.15) is 0 Å². The summed E-state index contributed by atoms with van der Waals surface area (Å²) in [7, 11) is 6.06. The molecule has 0 spiro atoms. The van der Waals surface area contributed by atoms with Crippen molar-refractivity contribution in [2.45, 2.75) is 13.0 Å². The van der Waals surface area contributed by atoms with Crippen molar-refractivity contribution in [3.05, 3.63) is 36.4 Å². The zero-order valence-corrected chi connectivity index (χ0v) is 17.6. The zero-order chi connectivity index (χ0) is 22.3. The lowest BCUT2D eigenvalue weighted by molar-refractivity contribution is -0.129. The van der Waals surface area contributed by atoms with Crippen molar-refractivity contribution in [2.24, 2.45) is 0 Å². The van der Waals surface area contributed by atoms with Crippen molar-refractivity contribution in [1.82, 2.24) is 5.32 Å². The molecule has 0 bridgehead atoms. The number of nitrogens with zero attached hydrogens (tertiary/aromatic N) is 1. The van der Waals surface area contributed by atoms with Crippen molar-refractivity contribution in [3.8, 4) is 28.7 Å². The molecule has 0 saturated carbocycles. The Kier molecular flexibility index (Phi) is 7.74. The lowest BCUT2D eigenvalue weighted by Gasteiger charge is -2.38. The maximum Gasteiger partial charge on any atom is 0.251 e. The molecule has 162 valence electrons. The number of phenolic OH excluding ortho intramolecular Hbond substituents is 1. The lowest BCUT2D eigenvalue weighted by Crippen LogP contribution is -2.63. The van der Waals surface area contributed by atoms with Crippen LogP contribution in [0.25, 0.3) is 0 Å². The van der Waals surface area contributed by atoms with Gasteiger partial charge in [-0.25, -0.2) is 0 Å². The second-order valence-electron chi connectivity index (χ2n) is 6.26. The number of benzene rings is 2. The van der Waals surface area contributed by atoms with E-state index < -0.39 is 6.04 Å². The summed E-state index contributed by atoms with van der Waals surface area (Å²) in [5.74, 6) is 1.72. The Bertz CT molecular complexity index is 876. The average molecular weight is 418 g/mol. The van der Waals surface area contributed by atoms with Crippen molar-refractivity contribution in [2.75, 3.05) is 39.9 Å². The molecule has 3 rings (SSSR count). The summed E-state index contributed by atoms with van der Waals surface area (Å²) in [5, 5.41) is 11.6. The maximum atomic E-state index is 12.0. The monoisotopic (exact) mass is 418 g/mol. The number of phenols is 1. The standard InChI is InChI=1S/C14H18N2O5.C7H8O2/c1-8(17)15-10-7-16(14(10)18)9-5-11(19-2)13(21-4)12(6-9)20-3;1-9-7-5-3-2-4-6(7)8/h5-6,10H,7H2,1-4H3,(H,15,17);2-5,8H,1H3. The van der Waals surface area contributed by atoms with E-state index in [-0.39, 0.29) is 17.6 Å². The number of hydrogen-bond acceptors (Lipinski definition) is 7. The topological polar surface area (TPSA) is 107 Å². The molecule has 9 nitrogen and oxygen atoms in total. The maximum absolute atomic E-state index is 12.0. The molecule has 1 heterocycles. The van der Waals surface area contributed by atoms with Crippen LogP contribution in [-0.2, 0) is 9.59 Å². The third kappa shape index (κ3) is 5.05.